The SMILES string of the molecule is C=C1SN=NC1=S. The van der Waals surface area contributed by atoms with Gasteiger partial charge in [-0.25, -0.2) is 0 Å². The highest BCUT2D eigenvalue weighted by molar-refractivity contribution is 8.04. The molecule has 1 heterocycles. The van der Waals surface area contributed by atoms with Crippen LogP contribution < -0.4 is 0 Å². The van der Waals surface area contributed by atoms with Gasteiger partial charge in [-0.3, -0.25) is 0 Å². The largest absolute Gasteiger partial charge is 0.164 e. The molecule has 1 aliphatic rings. The Balaban J connectivity index is 2.81. The zero-order chi connectivity index (χ0) is 5.28. The molecule has 0 amide bonds. The van der Waals surface area contributed by atoms with Gasteiger partial charge in [0.05, 0.1) is 4.91 Å². The van der Waals surface area contributed by atoms with Gasteiger partial charge in [0.25, 0.3) is 0 Å². The van der Waals surface area contributed by atoms with E-state index >= 15 is 0 Å². The lowest BCUT2D eigenvalue weighted by atomic mass is 10.6. The number of hydrogen-bond acceptors (Lipinski definition) is 3. The molecule has 0 saturated heterocycles. The van der Waals surface area contributed by atoms with Crippen LogP contribution in [0.3, 0.4) is 0 Å². The molecule has 0 unspecified atom stereocenters. The summed E-state index contributed by atoms with van der Waals surface area (Å²) in [4.78, 5) is 1.29. The molecule has 0 N–H and O–H groups in total. The standard InChI is InChI=1S/C3H2N2S2/c1-2-3(6)4-5-7-2/h1H2. The maximum atomic E-state index is 4.66. The Hall–Kier alpha value is -0.220. The van der Waals surface area contributed by atoms with Gasteiger partial charge in [0.2, 0.25) is 0 Å². The van der Waals surface area contributed by atoms with Crippen LogP contribution in [-0.4, -0.2) is 4.99 Å². The van der Waals surface area contributed by atoms with Gasteiger partial charge >= 0.3 is 0 Å². The van der Waals surface area contributed by atoms with Gasteiger partial charge in [-0.15, -0.1) is 9.63 Å². The van der Waals surface area contributed by atoms with E-state index in [1.54, 1.807) is 0 Å². The topological polar surface area (TPSA) is 24.7 Å². The van der Waals surface area contributed by atoms with E-state index in [0.29, 0.717) is 4.99 Å². The van der Waals surface area contributed by atoms with Crippen LogP contribution in [0.2, 0.25) is 0 Å². The van der Waals surface area contributed by atoms with Crippen molar-refractivity contribution in [2.75, 3.05) is 0 Å². The zero-order valence-corrected chi connectivity index (χ0v) is 5.05. The quantitative estimate of drug-likeness (QED) is 0.284. The molecule has 0 radical (unpaired) electrons. The second-order valence-electron chi connectivity index (χ2n) is 1.00. The van der Waals surface area contributed by atoms with E-state index in [1.165, 1.54) is 11.9 Å². The van der Waals surface area contributed by atoms with Crippen LogP contribution in [0.5, 0.6) is 0 Å². The summed E-state index contributed by atoms with van der Waals surface area (Å²) in [7, 11) is 0. The van der Waals surface area contributed by atoms with Crippen molar-refractivity contribution in [2.24, 2.45) is 9.63 Å². The van der Waals surface area contributed by atoms with Gasteiger partial charge in [0, 0.05) is 11.9 Å². The number of thiocarbonyl (C=S) groups is 1. The highest BCUT2D eigenvalue weighted by Crippen LogP contribution is 2.24. The molecule has 0 spiro atoms. The predicted molar refractivity (Wildman–Crippen MR) is 34.2 cm³/mol. The molecule has 4 heteroatoms. The van der Waals surface area contributed by atoms with Crippen molar-refractivity contribution in [3.05, 3.63) is 11.5 Å². The van der Waals surface area contributed by atoms with E-state index < -0.39 is 0 Å². The van der Waals surface area contributed by atoms with E-state index in [0.717, 1.165) is 4.91 Å². The second-order valence-corrected chi connectivity index (χ2v) is 2.23. The molecule has 0 aliphatic carbocycles. The Kier molecular flexibility index (Phi) is 1.21. The van der Waals surface area contributed by atoms with E-state index in [-0.39, 0.29) is 0 Å². The lowest BCUT2D eigenvalue weighted by Gasteiger charge is -1.77. The van der Waals surface area contributed by atoms with E-state index in [9.17, 15) is 0 Å². The minimum Gasteiger partial charge on any atom is -0.130 e. The molecule has 0 saturated carbocycles. The fourth-order valence-electron chi connectivity index (χ4n) is 0.202. The molecule has 0 aromatic heterocycles. The highest BCUT2D eigenvalue weighted by Gasteiger charge is 2.06. The Morgan fingerprint density at radius 2 is 2.43 bits per heavy atom. The molecule has 36 valence electrons. The van der Waals surface area contributed by atoms with Gasteiger partial charge in [0.1, 0.15) is 0 Å². The van der Waals surface area contributed by atoms with E-state index in [4.69, 9.17) is 0 Å². The summed E-state index contributed by atoms with van der Waals surface area (Å²) in [5, 5.41) is 3.54. The molecular weight excluding hydrogens is 128 g/mol. The molecule has 1 aliphatic heterocycles. The smallest absolute Gasteiger partial charge is 0.130 e. The van der Waals surface area contributed by atoms with Crippen molar-refractivity contribution in [1.29, 1.82) is 0 Å². The van der Waals surface area contributed by atoms with E-state index in [1.807, 2.05) is 0 Å². The van der Waals surface area contributed by atoms with Crippen molar-refractivity contribution in [3.63, 3.8) is 0 Å². The lowest BCUT2D eigenvalue weighted by Crippen LogP contribution is -1.78. The van der Waals surface area contributed by atoms with Crippen molar-refractivity contribution >= 4 is 29.2 Å². The average molecular weight is 130 g/mol. The van der Waals surface area contributed by atoms with Crippen LogP contribution in [0.25, 0.3) is 0 Å². The maximum Gasteiger partial charge on any atom is 0.164 e. The van der Waals surface area contributed by atoms with Crippen LogP contribution in [0.1, 0.15) is 0 Å². The summed E-state index contributed by atoms with van der Waals surface area (Å²) in [6, 6.07) is 0. The van der Waals surface area contributed by atoms with Crippen LogP contribution in [0.15, 0.2) is 21.1 Å². The van der Waals surface area contributed by atoms with Crippen LogP contribution in [0.4, 0.5) is 0 Å². The molecule has 7 heavy (non-hydrogen) atoms. The summed E-state index contributed by atoms with van der Waals surface area (Å²) >= 11 is 5.89. The van der Waals surface area contributed by atoms with Crippen LogP contribution >= 0.6 is 24.2 Å². The van der Waals surface area contributed by atoms with Gasteiger partial charge in [-0.05, 0) is 0 Å². The number of rotatable bonds is 0. The predicted octanol–water partition coefficient (Wildman–Crippen LogP) is 1.94. The lowest BCUT2D eigenvalue weighted by molar-refractivity contribution is 1.48. The minimum atomic E-state index is 0.519. The molecule has 0 atom stereocenters. The fraction of sp³-hybridized carbons (Fsp3) is 0. The van der Waals surface area contributed by atoms with Crippen molar-refractivity contribution in [3.8, 4) is 0 Å². The van der Waals surface area contributed by atoms with Gasteiger partial charge in [-0.2, -0.15) is 0 Å². The Bertz CT molecular complexity index is 149. The Morgan fingerprint density at radius 1 is 1.71 bits per heavy atom. The monoisotopic (exact) mass is 130 g/mol. The number of nitrogens with zero attached hydrogens (tertiary/aromatic N) is 2. The molecule has 0 fully saturated rings. The first kappa shape index (κ1) is 4.93. The van der Waals surface area contributed by atoms with Gasteiger partial charge < -0.3 is 0 Å². The van der Waals surface area contributed by atoms with E-state index in [2.05, 4.69) is 28.4 Å². The molecule has 0 aromatic carbocycles. The third kappa shape index (κ3) is 0.863. The molecule has 2 nitrogen and oxygen atoms in total. The normalized spacial score (nSPS) is 18.9. The Morgan fingerprint density at radius 3 is 2.57 bits per heavy atom. The van der Waals surface area contributed by atoms with Crippen LogP contribution in [-0.2, 0) is 0 Å². The van der Waals surface area contributed by atoms with Gasteiger partial charge in [0.15, 0.2) is 4.99 Å². The first-order valence-electron chi connectivity index (χ1n) is 1.62. The van der Waals surface area contributed by atoms with Crippen molar-refractivity contribution in [1.82, 2.24) is 0 Å². The molecular formula is C3H2N2S2. The summed E-state index contributed by atoms with van der Waals surface area (Å²) in [5.74, 6) is 0. The highest BCUT2D eigenvalue weighted by atomic mass is 32.2. The van der Waals surface area contributed by atoms with Crippen molar-refractivity contribution in [2.45, 2.75) is 0 Å². The third-order valence-corrected chi connectivity index (χ3v) is 1.56. The van der Waals surface area contributed by atoms with Crippen LogP contribution in [0, 0.1) is 0 Å². The first-order chi connectivity index (χ1) is 3.30. The summed E-state index contributed by atoms with van der Waals surface area (Å²) in [5.41, 5.74) is 0. The summed E-state index contributed by atoms with van der Waals surface area (Å²) in [6.45, 7) is 3.57. The van der Waals surface area contributed by atoms with Crippen molar-refractivity contribution < 1.29 is 0 Å². The second kappa shape index (κ2) is 1.71. The number of hydrogen-bond donors (Lipinski definition) is 0. The summed E-state index contributed by atoms with van der Waals surface area (Å²) < 4.78 is 3.55. The summed E-state index contributed by atoms with van der Waals surface area (Å²) in [6.07, 6.45) is 0. The third-order valence-electron chi connectivity index (χ3n) is 0.521. The molecule has 0 aromatic rings. The Labute approximate surface area is 50.8 Å². The molecule has 0 bridgehead atoms. The first-order valence-corrected chi connectivity index (χ1v) is 2.80. The zero-order valence-electron chi connectivity index (χ0n) is 3.42. The minimum absolute atomic E-state index is 0.519. The fourth-order valence-corrected chi connectivity index (χ4v) is 0.746. The average Bonchev–Trinajstić information content (AvgIpc) is 1.91. The molecule has 1 rings (SSSR count). The van der Waals surface area contributed by atoms with Gasteiger partial charge in [-0.1, -0.05) is 18.8 Å². The maximum absolute atomic E-state index is 4.66.